The molecule has 1 aromatic heterocycles. The van der Waals surface area contributed by atoms with Gasteiger partial charge in [0.25, 0.3) is 5.69 Å². The second-order valence-corrected chi connectivity index (χ2v) is 4.99. The van der Waals surface area contributed by atoms with Crippen LogP contribution in [-0.2, 0) is 5.75 Å². The Morgan fingerprint density at radius 3 is 2.70 bits per heavy atom. The van der Waals surface area contributed by atoms with Gasteiger partial charge in [-0.05, 0) is 17.7 Å². The van der Waals surface area contributed by atoms with Gasteiger partial charge in [0.2, 0.25) is 0 Å². The molecule has 2 aromatic rings. The molecule has 0 amide bonds. The number of pyridine rings is 1. The molecule has 104 valence electrons. The third kappa shape index (κ3) is 3.39. The Hall–Kier alpha value is -2.28. The van der Waals surface area contributed by atoms with Crippen LogP contribution in [0.2, 0.25) is 0 Å². The monoisotopic (exact) mass is 291 g/mol. The third-order valence-corrected chi connectivity index (χ3v) is 3.75. The van der Waals surface area contributed by atoms with Crippen molar-refractivity contribution in [3.05, 3.63) is 52.2 Å². The van der Waals surface area contributed by atoms with Crippen molar-refractivity contribution in [1.82, 2.24) is 4.98 Å². The minimum atomic E-state index is -0.482. The summed E-state index contributed by atoms with van der Waals surface area (Å²) in [6.45, 7) is 0. The fourth-order valence-corrected chi connectivity index (χ4v) is 2.46. The summed E-state index contributed by atoms with van der Waals surface area (Å²) in [5.41, 5.74) is 6.74. The van der Waals surface area contributed by atoms with Crippen LogP contribution in [0.1, 0.15) is 5.56 Å². The maximum atomic E-state index is 10.7. The van der Waals surface area contributed by atoms with Crippen molar-refractivity contribution in [2.24, 2.45) is 0 Å². The Balaban J connectivity index is 2.09. The van der Waals surface area contributed by atoms with E-state index < -0.39 is 4.92 Å². The van der Waals surface area contributed by atoms with Gasteiger partial charge in [-0.25, -0.2) is 4.98 Å². The first-order valence-corrected chi connectivity index (χ1v) is 6.74. The second-order valence-electron chi connectivity index (χ2n) is 3.97. The number of hydrogen-bond acceptors (Lipinski definition) is 6. The summed E-state index contributed by atoms with van der Waals surface area (Å²) in [5.74, 6) is 1.74. The van der Waals surface area contributed by atoms with E-state index in [4.69, 9.17) is 10.5 Å². The van der Waals surface area contributed by atoms with Crippen LogP contribution in [0.25, 0.3) is 0 Å². The number of aromatic nitrogens is 1. The van der Waals surface area contributed by atoms with Crippen molar-refractivity contribution in [1.29, 1.82) is 0 Å². The van der Waals surface area contributed by atoms with Crippen LogP contribution in [0.15, 0.2) is 41.4 Å². The van der Waals surface area contributed by atoms with Gasteiger partial charge in [0, 0.05) is 11.8 Å². The molecule has 0 bridgehead atoms. The summed E-state index contributed by atoms with van der Waals surface area (Å²) in [6.07, 6.45) is 1.16. The van der Waals surface area contributed by atoms with Gasteiger partial charge in [0.1, 0.15) is 17.8 Å². The zero-order valence-corrected chi connectivity index (χ0v) is 11.6. The SMILES string of the molecule is COc1ccc(CSc2cc([N+](=O)[O-])cnc2N)cc1. The van der Waals surface area contributed by atoms with E-state index in [-0.39, 0.29) is 5.69 Å². The Bertz CT molecular complexity index is 617. The van der Waals surface area contributed by atoms with Crippen LogP contribution in [0.5, 0.6) is 5.75 Å². The molecule has 0 saturated heterocycles. The number of nitro groups is 1. The molecule has 0 aliphatic rings. The van der Waals surface area contributed by atoms with E-state index in [1.165, 1.54) is 17.8 Å². The van der Waals surface area contributed by atoms with Gasteiger partial charge in [-0.15, -0.1) is 11.8 Å². The zero-order valence-electron chi connectivity index (χ0n) is 10.8. The van der Waals surface area contributed by atoms with E-state index in [0.717, 1.165) is 17.5 Å². The van der Waals surface area contributed by atoms with Crippen molar-refractivity contribution in [2.45, 2.75) is 10.6 Å². The van der Waals surface area contributed by atoms with E-state index in [0.29, 0.717) is 16.5 Å². The maximum Gasteiger partial charge on any atom is 0.288 e. The van der Waals surface area contributed by atoms with Gasteiger partial charge in [0.05, 0.1) is 16.9 Å². The molecule has 0 aliphatic carbocycles. The molecule has 0 spiro atoms. The maximum absolute atomic E-state index is 10.7. The molecule has 6 nitrogen and oxygen atoms in total. The number of benzene rings is 1. The number of nitrogen functional groups attached to an aromatic ring is 1. The van der Waals surface area contributed by atoms with Crippen molar-refractivity contribution < 1.29 is 9.66 Å². The van der Waals surface area contributed by atoms with Gasteiger partial charge in [-0.1, -0.05) is 12.1 Å². The molecular weight excluding hydrogens is 278 g/mol. The molecule has 0 aliphatic heterocycles. The number of rotatable bonds is 5. The standard InChI is InChI=1S/C13H13N3O3S/c1-19-11-4-2-9(3-5-11)8-20-12-6-10(16(17)18)7-15-13(12)14/h2-7H,8H2,1H3,(H2,14,15). The van der Waals surface area contributed by atoms with Crippen LogP contribution in [-0.4, -0.2) is 17.0 Å². The highest BCUT2D eigenvalue weighted by atomic mass is 32.2. The van der Waals surface area contributed by atoms with Crippen LogP contribution >= 0.6 is 11.8 Å². The van der Waals surface area contributed by atoms with E-state index in [1.807, 2.05) is 24.3 Å². The quantitative estimate of drug-likeness (QED) is 0.517. The van der Waals surface area contributed by atoms with Gasteiger partial charge >= 0.3 is 0 Å². The number of nitrogens with zero attached hydrogens (tertiary/aromatic N) is 2. The molecule has 2 rings (SSSR count). The molecule has 0 atom stereocenters. The molecule has 1 heterocycles. The fourth-order valence-electron chi connectivity index (χ4n) is 1.54. The summed E-state index contributed by atoms with van der Waals surface area (Å²) < 4.78 is 5.08. The highest BCUT2D eigenvalue weighted by molar-refractivity contribution is 7.98. The molecule has 2 N–H and O–H groups in total. The lowest BCUT2D eigenvalue weighted by Gasteiger charge is -2.05. The number of nitrogens with two attached hydrogens (primary N) is 1. The van der Waals surface area contributed by atoms with Crippen molar-refractivity contribution in [3.8, 4) is 5.75 Å². The number of ether oxygens (including phenoxy) is 1. The first kappa shape index (κ1) is 14.1. The lowest BCUT2D eigenvalue weighted by atomic mass is 10.2. The van der Waals surface area contributed by atoms with E-state index in [2.05, 4.69) is 4.98 Å². The van der Waals surface area contributed by atoms with Crippen molar-refractivity contribution in [3.63, 3.8) is 0 Å². The molecule has 1 aromatic carbocycles. The minimum Gasteiger partial charge on any atom is -0.497 e. The van der Waals surface area contributed by atoms with Crippen LogP contribution < -0.4 is 10.5 Å². The second kappa shape index (κ2) is 6.25. The van der Waals surface area contributed by atoms with E-state index in [9.17, 15) is 10.1 Å². The van der Waals surface area contributed by atoms with Crippen LogP contribution in [0.4, 0.5) is 11.5 Å². The van der Waals surface area contributed by atoms with Crippen molar-refractivity contribution in [2.75, 3.05) is 12.8 Å². The highest BCUT2D eigenvalue weighted by Crippen LogP contribution is 2.30. The first-order valence-electron chi connectivity index (χ1n) is 5.76. The summed E-state index contributed by atoms with van der Waals surface area (Å²) in [4.78, 5) is 14.7. The Morgan fingerprint density at radius 1 is 1.40 bits per heavy atom. The summed E-state index contributed by atoms with van der Waals surface area (Å²) in [6, 6.07) is 9.05. The lowest BCUT2D eigenvalue weighted by molar-refractivity contribution is -0.385. The molecular formula is C13H13N3O3S. The Morgan fingerprint density at radius 2 is 2.10 bits per heavy atom. The van der Waals surface area contributed by atoms with E-state index >= 15 is 0 Å². The average molecular weight is 291 g/mol. The number of methoxy groups -OCH3 is 1. The highest BCUT2D eigenvalue weighted by Gasteiger charge is 2.11. The van der Waals surface area contributed by atoms with Gasteiger partial charge in [-0.3, -0.25) is 10.1 Å². The minimum absolute atomic E-state index is 0.0589. The van der Waals surface area contributed by atoms with Crippen LogP contribution in [0.3, 0.4) is 0 Å². The smallest absolute Gasteiger partial charge is 0.288 e. The molecule has 0 radical (unpaired) electrons. The van der Waals surface area contributed by atoms with Gasteiger partial charge < -0.3 is 10.5 Å². The van der Waals surface area contributed by atoms with Crippen molar-refractivity contribution >= 4 is 23.3 Å². The summed E-state index contributed by atoms with van der Waals surface area (Å²) in [5, 5.41) is 10.7. The molecule has 0 fully saturated rings. The fraction of sp³-hybridized carbons (Fsp3) is 0.154. The van der Waals surface area contributed by atoms with Gasteiger partial charge in [-0.2, -0.15) is 0 Å². The largest absolute Gasteiger partial charge is 0.497 e. The summed E-state index contributed by atoms with van der Waals surface area (Å²) >= 11 is 1.41. The summed E-state index contributed by atoms with van der Waals surface area (Å²) in [7, 11) is 1.61. The van der Waals surface area contributed by atoms with Gasteiger partial charge in [0.15, 0.2) is 0 Å². The predicted octanol–water partition coefficient (Wildman–Crippen LogP) is 2.87. The predicted molar refractivity (Wildman–Crippen MR) is 77.9 cm³/mol. The number of thioether (sulfide) groups is 1. The molecule has 0 unspecified atom stereocenters. The topological polar surface area (TPSA) is 91.3 Å². The third-order valence-electron chi connectivity index (χ3n) is 2.63. The normalized spacial score (nSPS) is 10.2. The number of anilines is 1. The lowest BCUT2D eigenvalue weighted by Crippen LogP contribution is -1.96. The Labute approximate surface area is 120 Å². The Kier molecular flexibility index (Phi) is 4.41. The molecule has 7 heteroatoms. The first-order chi connectivity index (χ1) is 9.60. The zero-order chi connectivity index (χ0) is 14.5. The van der Waals surface area contributed by atoms with Crippen LogP contribution in [0, 0.1) is 10.1 Å². The average Bonchev–Trinajstić information content (AvgIpc) is 2.46. The number of hydrogen-bond donors (Lipinski definition) is 1. The molecule has 0 saturated carbocycles. The van der Waals surface area contributed by atoms with E-state index in [1.54, 1.807) is 7.11 Å². The molecule has 20 heavy (non-hydrogen) atoms.